The number of carbonyl (C=O) groups excluding carboxylic acids is 2. The van der Waals surface area contributed by atoms with Gasteiger partial charge in [-0.15, -0.1) is 0 Å². The number of halogens is 1. The smallest absolute Gasteiger partial charge is 0.244 e. The Bertz CT molecular complexity index is 1040. The Labute approximate surface area is 182 Å². The highest BCUT2D eigenvalue weighted by Gasteiger charge is 2.32. The van der Waals surface area contributed by atoms with E-state index in [0.717, 1.165) is 27.8 Å². The summed E-state index contributed by atoms with van der Waals surface area (Å²) < 4.78 is 39.8. The number of amides is 2. The van der Waals surface area contributed by atoms with Gasteiger partial charge in [-0.1, -0.05) is 43.3 Å². The van der Waals surface area contributed by atoms with Crippen molar-refractivity contribution in [2.24, 2.45) is 0 Å². The topological polar surface area (TPSA) is 86.8 Å². The highest BCUT2D eigenvalue weighted by Crippen LogP contribution is 2.23. The van der Waals surface area contributed by atoms with Crippen molar-refractivity contribution in [3.8, 4) is 0 Å². The number of sulfonamides is 1. The lowest BCUT2D eigenvalue weighted by molar-refractivity contribution is -0.140. The second kappa shape index (κ2) is 10.4. The van der Waals surface area contributed by atoms with Gasteiger partial charge < -0.3 is 10.2 Å². The van der Waals surface area contributed by atoms with Crippen LogP contribution in [0.3, 0.4) is 0 Å². The Morgan fingerprint density at radius 2 is 1.71 bits per heavy atom. The summed E-state index contributed by atoms with van der Waals surface area (Å²) in [6, 6.07) is 12.0. The lowest BCUT2D eigenvalue weighted by Crippen LogP contribution is -2.51. The third-order valence-corrected chi connectivity index (χ3v) is 6.16. The van der Waals surface area contributed by atoms with Crippen LogP contribution in [0, 0.1) is 12.7 Å². The second-order valence-electron chi connectivity index (χ2n) is 7.21. The van der Waals surface area contributed by atoms with Crippen LogP contribution in [0.1, 0.15) is 24.5 Å². The number of anilines is 1. The van der Waals surface area contributed by atoms with E-state index in [1.54, 1.807) is 6.92 Å². The fraction of sp³-hybridized carbons (Fsp3) is 0.364. The molecular formula is C22H28FN3O4S. The zero-order chi connectivity index (χ0) is 23.2. The molecule has 0 aliphatic rings. The molecule has 0 fully saturated rings. The normalized spacial score (nSPS) is 12.2. The van der Waals surface area contributed by atoms with E-state index in [0.29, 0.717) is 6.42 Å². The average Bonchev–Trinajstić information content (AvgIpc) is 2.72. The number of nitrogens with one attached hydrogen (secondary N) is 1. The summed E-state index contributed by atoms with van der Waals surface area (Å²) in [7, 11) is -2.49. The van der Waals surface area contributed by atoms with Gasteiger partial charge in [-0.3, -0.25) is 13.9 Å². The van der Waals surface area contributed by atoms with Crippen LogP contribution in [-0.2, 0) is 26.2 Å². The molecule has 2 rings (SSSR count). The average molecular weight is 450 g/mol. The molecule has 0 aromatic heterocycles. The maximum Gasteiger partial charge on any atom is 0.244 e. The Morgan fingerprint density at radius 1 is 1.10 bits per heavy atom. The van der Waals surface area contributed by atoms with E-state index >= 15 is 0 Å². The predicted octanol–water partition coefficient (Wildman–Crippen LogP) is 2.45. The molecule has 2 aromatic rings. The van der Waals surface area contributed by atoms with Crippen molar-refractivity contribution < 1.29 is 22.4 Å². The standard InChI is InChI=1S/C22H28FN3O4S/c1-5-19(22(28)24-3)25(14-17-11-7-6-10-16(17)2)21(27)15-26(31(4,29)30)20-13-9-8-12-18(20)23/h6-13,19H,5,14-15H2,1-4H3,(H,24,28)/t19-/m0/s1. The molecule has 0 radical (unpaired) electrons. The monoisotopic (exact) mass is 449 g/mol. The molecule has 0 aliphatic carbocycles. The number of para-hydroxylation sites is 1. The Hall–Kier alpha value is -2.94. The van der Waals surface area contributed by atoms with Gasteiger partial charge in [0, 0.05) is 13.6 Å². The molecule has 0 saturated carbocycles. The maximum absolute atomic E-state index is 14.3. The fourth-order valence-corrected chi connectivity index (χ4v) is 4.16. The first-order valence-corrected chi connectivity index (χ1v) is 11.7. The molecule has 0 bridgehead atoms. The zero-order valence-corrected chi connectivity index (χ0v) is 18.9. The predicted molar refractivity (Wildman–Crippen MR) is 118 cm³/mol. The maximum atomic E-state index is 14.3. The lowest BCUT2D eigenvalue weighted by atomic mass is 10.1. The molecular weight excluding hydrogens is 421 g/mol. The molecule has 2 aromatic carbocycles. The van der Waals surface area contributed by atoms with Crippen LogP contribution in [0.5, 0.6) is 0 Å². The number of benzene rings is 2. The highest BCUT2D eigenvalue weighted by molar-refractivity contribution is 7.92. The number of carbonyl (C=O) groups is 2. The number of aryl methyl sites for hydroxylation is 1. The van der Waals surface area contributed by atoms with E-state index in [1.807, 2.05) is 31.2 Å². The van der Waals surface area contributed by atoms with Crippen molar-refractivity contribution in [1.82, 2.24) is 10.2 Å². The molecule has 1 N–H and O–H groups in total. The molecule has 1 atom stereocenters. The first-order valence-electron chi connectivity index (χ1n) is 9.88. The molecule has 0 aliphatic heterocycles. The van der Waals surface area contributed by atoms with Crippen LogP contribution < -0.4 is 9.62 Å². The summed E-state index contributed by atoms with van der Waals surface area (Å²) in [6.07, 6.45) is 1.24. The van der Waals surface area contributed by atoms with Crippen molar-refractivity contribution in [1.29, 1.82) is 0 Å². The third-order valence-electron chi connectivity index (χ3n) is 5.03. The van der Waals surface area contributed by atoms with Crippen LogP contribution in [0.2, 0.25) is 0 Å². The first kappa shape index (κ1) is 24.3. The Balaban J connectivity index is 2.46. The highest BCUT2D eigenvalue weighted by atomic mass is 32.2. The van der Waals surface area contributed by atoms with Crippen LogP contribution in [0.15, 0.2) is 48.5 Å². The van der Waals surface area contributed by atoms with Gasteiger partial charge in [0.15, 0.2) is 0 Å². The van der Waals surface area contributed by atoms with E-state index in [9.17, 15) is 22.4 Å². The summed E-state index contributed by atoms with van der Waals surface area (Å²) in [5.41, 5.74) is 1.54. The van der Waals surface area contributed by atoms with Crippen LogP contribution >= 0.6 is 0 Å². The molecule has 7 nitrogen and oxygen atoms in total. The Morgan fingerprint density at radius 3 is 2.26 bits per heavy atom. The number of rotatable bonds is 9. The third kappa shape index (κ3) is 6.04. The minimum absolute atomic E-state index is 0.117. The van der Waals surface area contributed by atoms with Crippen LogP contribution in [-0.4, -0.2) is 51.0 Å². The molecule has 0 heterocycles. The van der Waals surface area contributed by atoms with Gasteiger partial charge in [0.05, 0.1) is 11.9 Å². The minimum atomic E-state index is -3.96. The van der Waals surface area contributed by atoms with Gasteiger partial charge in [0.2, 0.25) is 21.8 Å². The van der Waals surface area contributed by atoms with Gasteiger partial charge in [-0.05, 0) is 36.6 Å². The summed E-state index contributed by atoms with van der Waals surface area (Å²) >= 11 is 0. The molecule has 2 amide bonds. The number of hydrogen-bond donors (Lipinski definition) is 1. The molecule has 9 heteroatoms. The molecule has 168 valence electrons. The SMILES string of the molecule is CC[C@@H](C(=O)NC)N(Cc1ccccc1C)C(=O)CN(c1ccccc1F)S(C)(=O)=O. The van der Waals surface area contributed by atoms with Gasteiger partial charge in [0.25, 0.3) is 0 Å². The van der Waals surface area contributed by atoms with Gasteiger partial charge in [-0.25, -0.2) is 12.8 Å². The molecule has 0 unspecified atom stereocenters. The minimum Gasteiger partial charge on any atom is -0.357 e. The van der Waals surface area contributed by atoms with E-state index in [4.69, 9.17) is 0 Å². The largest absolute Gasteiger partial charge is 0.357 e. The van der Waals surface area contributed by atoms with Crippen LogP contribution in [0.4, 0.5) is 10.1 Å². The van der Waals surface area contributed by atoms with Gasteiger partial charge in [0.1, 0.15) is 18.4 Å². The van der Waals surface area contributed by atoms with Crippen molar-refractivity contribution in [2.45, 2.75) is 32.9 Å². The van der Waals surface area contributed by atoms with Gasteiger partial charge in [-0.2, -0.15) is 0 Å². The number of hydrogen-bond acceptors (Lipinski definition) is 4. The second-order valence-corrected chi connectivity index (χ2v) is 9.11. The van der Waals surface area contributed by atoms with Crippen molar-refractivity contribution in [2.75, 3.05) is 24.2 Å². The van der Waals surface area contributed by atoms with E-state index in [-0.39, 0.29) is 18.1 Å². The summed E-state index contributed by atoms with van der Waals surface area (Å²) in [4.78, 5) is 27.2. The van der Waals surface area contributed by atoms with E-state index < -0.39 is 34.3 Å². The van der Waals surface area contributed by atoms with E-state index in [2.05, 4.69) is 5.32 Å². The van der Waals surface area contributed by atoms with Crippen LogP contribution in [0.25, 0.3) is 0 Å². The van der Waals surface area contributed by atoms with Gasteiger partial charge >= 0.3 is 0 Å². The number of nitrogens with zero attached hydrogens (tertiary/aromatic N) is 2. The first-order chi connectivity index (χ1) is 14.6. The number of likely N-dealkylation sites (N-methyl/N-ethyl adjacent to an activating group) is 1. The van der Waals surface area contributed by atoms with Crippen molar-refractivity contribution in [3.05, 3.63) is 65.5 Å². The molecule has 31 heavy (non-hydrogen) atoms. The lowest BCUT2D eigenvalue weighted by Gasteiger charge is -2.33. The molecule has 0 spiro atoms. The summed E-state index contributed by atoms with van der Waals surface area (Å²) in [5, 5.41) is 2.55. The van der Waals surface area contributed by atoms with Crippen molar-refractivity contribution in [3.63, 3.8) is 0 Å². The van der Waals surface area contributed by atoms with Crippen molar-refractivity contribution >= 4 is 27.5 Å². The van der Waals surface area contributed by atoms with E-state index in [1.165, 1.54) is 30.1 Å². The fourth-order valence-electron chi connectivity index (χ4n) is 3.31. The summed E-state index contributed by atoms with van der Waals surface area (Å²) in [5.74, 6) is -1.72. The Kier molecular flexibility index (Phi) is 8.15. The summed E-state index contributed by atoms with van der Waals surface area (Å²) in [6.45, 7) is 3.15. The zero-order valence-electron chi connectivity index (χ0n) is 18.1. The molecule has 0 saturated heterocycles. The quantitative estimate of drug-likeness (QED) is 0.637.